The van der Waals surface area contributed by atoms with Crippen LogP contribution < -0.4 is 10.1 Å². The zero-order valence-electron chi connectivity index (χ0n) is 18.8. The molecule has 162 valence electrons. The molecule has 0 fully saturated rings. The number of carbonyl (C=O) groups excluding carboxylic acids is 1. The maximum absolute atomic E-state index is 13.0. The number of fused-ring (bicyclic) bond motifs is 1. The largest absolute Gasteiger partial charge is 0.481 e. The highest BCUT2D eigenvalue weighted by atomic mass is 16.5. The van der Waals surface area contributed by atoms with Gasteiger partial charge in [-0.1, -0.05) is 45.0 Å². The summed E-state index contributed by atoms with van der Waals surface area (Å²) in [6.45, 7) is 6.54. The second-order valence-electron chi connectivity index (χ2n) is 8.74. The number of amides is 1. The van der Waals surface area contributed by atoms with Gasteiger partial charge in [0.2, 0.25) is 11.8 Å². The molecule has 0 aliphatic rings. The topological polar surface area (TPSA) is 67.0 Å². The lowest BCUT2D eigenvalue weighted by molar-refractivity contribution is -0.111. The Kier molecular flexibility index (Phi) is 5.82. The van der Waals surface area contributed by atoms with Gasteiger partial charge in [-0.15, -0.1) is 0 Å². The van der Waals surface area contributed by atoms with E-state index >= 15 is 0 Å². The number of aromatic nitrogens is 2. The van der Waals surface area contributed by atoms with Gasteiger partial charge in [-0.2, -0.15) is 0 Å². The number of methoxy groups -OCH3 is 1. The van der Waals surface area contributed by atoms with Crippen molar-refractivity contribution >= 4 is 28.1 Å². The molecule has 0 aliphatic carbocycles. The summed E-state index contributed by atoms with van der Waals surface area (Å²) in [5.41, 5.74) is 5.64. The Labute approximate surface area is 188 Å². The van der Waals surface area contributed by atoms with Crippen molar-refractivity contribution in [2.45, 2.75) is 26.2 Å². The van der Waals surface area contributed by atoms with E-state index in [2.05, 4.69) is 60.3 Å². The molecule has 0 aliphatic heterocycles. The molecule has 4 aromatic rings. The highest BCUT2D eigenvalue weighted by molar-refractivity contribution is 6.06. The average Bonchev–Trinajstić information content (AvgIpc) is 3.25. The Balaban J connectivity index is 1.68. The molecule has 1 amide bonds. The molecule has 2 N–H and O–H groups in total. The lowest BCUT2D eigenvalue weighted by atomic mass is 9.86. The predicted octanol–water partition coefficient (Wildman–Crippen LogP) is 5.94. The highest BCUT2D eigenvalue weighted by Crippen LogP contribution is 2.28. The number of carbonyl (C=O) groups is 1. The molecular formula is C27H27N3O2. The van der Waals surface area contributed by atoms with Gasteiger partial charge < -0.3 is 15.0 Å². The number of pyridine rings is 1. The molecule has 0 radical (unpaired) electrons. The van der Waals surface area contributed by atoms with Crippen molar-refractivity contribution in [1.82, 2.24) is 9.97 Å². The summed E-state index contributed by atoms with van der Waals surface area (Å²) in [5, 5.41) is 4.02. The summed E-state index contributed by atoms with van der Waals surface area (Å²) in [4.78, 5) is 20.4. The normalized spacial score (nSPS) is 12.1. The van der Waals surface area contributed by atoms with E-state index in [1.54, 1.807) is 25.4 Å². The van der Waals surface area contributed by atoms with E-state index in [1.165, 1.54) is 5.56 Å². The summed E-state index contributed by atoms with van der Waals surface area (Å²) < 4.78 is 5.18. The Bertz CT molecular complexity index is 1260. The van der Waals surface area contributed by atoms with Crippen molar-refractivity contribution in [2.24, 2.45) is 0 Å². The number of hydrogen-bond donors (Lipinski definition) is 2. The molecule has 32 heavy (non-hydrogen) atoms. The third-order valence-electron chi connectivity index (χ3n) is 5.41. The van der Waals surface area contributed by atoms with Gasteiger partial charge >= 0.3 is 0 Å². The summed E-state index contributed by atoms with van der Waals surface area (Å²) >= 11 is 0. The number of hydrogen-bond acceptors (Lipinski definition) is 3. The summed E-state index contributed by atoms with van der Waals surface area (Å²) in [7, 11) is 1.58. The van der Waals surface area contributed by atoms with Crippen LogP contribution in [0, 0.1) is 0 Å². The molecule has 5 nitrogen and oxygen atoms in total. The summed E-state index contributed by atoms with van der Waals surface area (Å²) in [6.07, 6.45) is 5.23. The fourth-order valence-electron chi connectivity index (χ4n) is 3.58. The number of aromatic amines is 1. The van der Waals surface area contributed by atoms with Gasteiger partial charge in [-0.25, -0.2) is 4.98 Å². The van der Waals surface area contributed by atoms with Crippen LogP contribution in [0.25, 0.3) is 16.5 Å². The third-order valence-corrected chi connectivity index (χ3v) is 5.41. The molecule has 2 heterocycles. The van der Waals surface area contributed by atoms with Crippen LogP contribution in [0.4, 0.5) is 5.69 Å². The Morgan fingerprint density at radius 1 is 1.00 bits per heavy atom. The van der Waals surface area contributed by atoms with E-state index in [0.717, 1.165) is 33.3 Å². The van der Waals surface area contributed by atoms with Crippen molar-refractivity contribution in [2.75, 3.05) is 12.4 Å². The first-order valence-electron chi connectivity index (χ1n) is 10.5. The van der Waals surface area contributed by atoms with Crippen molar-refractivity contribution in [1.29, 1.82) is 0 Å². The highest BCUT2D eigenvalue weighted by Gasteiger charge is 2.15. The first-order valence-corrected chi connectivity index (χ1v) is 10.5. The minimum absolute atomic E-state index is 0.0539. The van der Waals surface area contributed by atoms with Gasteiger partial charge in [0.15, 0.2) is 0 Å². The average molecular weight is 426 g/mol. The second-order valence-corrected chi connectivity index (χ2v) is 8.74. The van der Waals surface area contributed by atoms with Crippen LogP contribution in [-0.2, 0) is 10.2 Å². The van der Waals surface area contributed by atoms with E-state index < -0.39 is 0 Å². The molecule has 0 saturated heterocycles. The minimum Gasteiger partial charge on any atom is -0.481 e. The third kappa shape index (κ3) is 4.72. The number of rotatable bonds is 5. The van der Waals surface area contributed by atoms with Gasteiger partial charge in [0.05, 0.1) is 7.11 Å². The van der Waals surface area contributed by atoms with Crippen LogP contribution in [0.1, 0.15) is 37.5 Å². The van der Waals surface area contributed by atoms with Crippen LogP contribution >= 0.6 is 0 Å². The van der Waals surface area contributed by atoms with E-state index in [1.807, 2.05) is 36.5 Å². The van der Waals surface area contributed by atoms with Crippen LogP contribution in [0.5, 0.6) is 5.88 Å². The molecule has 5 heteroatoms. The first kappa shape index (κ1) is 21.4. The van der Waals surface area contributed by atoms with E-state index in [4.69, 9.17) is 4.74 Å². The van der Waals surface area contributed by atoms with Gasteiger partial charge in [-0.3, -0.25) is 4.79 Å². The fraction of sp³-hybridized carbons (Fsp3) is 0.185. The molecule has 4 rings (SSSR count). The number of benzene rings is 2. The molecule has 0 saturated carbocycles. The number of nitrogens with zero attached hydrogens (tertiary/aromatic N) is 1. The number of H-pyrrole nitrogens is 1. The van der Waals surface area contributed by atoms with Gasteiger partial charge in [0.25, 0.3) is 0 Å². The van der Waals surface area contributed by atoms with Gasteiger partial charge in [0, 0.05) is 46.7 Å². The SMILES string of the molecule is COc1ccc(C(=CC(=O)Nc2ccc3[nH]ccc3c2)c2ccc(C(C)(C)C)cc2)cn1. The fourth-order valence-corrected chi connectivity index (χ4v) is 3.58. The lowest BCUT2D eigenvalue weighted by Gasteiger charge is -2.19. The van der Waals surface area contributed by atoms with Crippen LogP contribution in [0.2, 0.25) is 0 Å². The van der Waals surface area contributed by atoms with Crippen molar-refractivity contribution in [3.8, 4) is 5.88 Å². The maximum atomic E-state index is 13.0. The van der Waals surface area contributed by atoms with Crippen LogP contribution in [0.3, 0.4) is 0 Å². The second kappa shape index (κ2) is 8.71. The molecule has 0 spiro atoms. The monoisotopic (exact) mass is 425 g/mol. The number of anilines is 1. The molecule has 2 aromatic heterocycles. The predicted molar refractivity (Wildman–Crippen MR) is 130 cm³/mol. The zero-order valence-corrected chi connectivity index (χ0v) is 18.8. The number of nitrogens with one attached hydrogen (secondary N) is 2. The Hall–Kier alpha value is -3.86. The first-order chi connectivity index (χ1) is 15.3. The van der Waals surface area contributed by atoms with Crippen molar-refractivity contribution in [3.05, 3.63) is 95.8 Å². The number of ether oxygens (including phenoxy) is 1. The quantitative estimate of drug-likeness (QED) is 0.389. The van der Waals surface area contributed by atoms with Crippen molar-refractivity contribution < 1.29 is 9.53 Å². The van der Waals surface area contributed by atoms with Crippen LogP contribution in [0.15, 0.2) is 79.1 Å². The summed E-state index contributed by atoms with van der Waals surface area (Å²) in [5.74, 6) is 0.325. The van der Waals surface area contributed by atoms with E-state index in [-0.39, 0.29) is 11.3 Å². The molecule has 2 aromatic carbocycles. The van der Waals surface area contributed by atoms with E-state index in [9.17, 15) is 4.79 Å². The smallest absolute Gasteiger partial charge is 0.249 e. The zero-order chi connectivity index (χ0) is 22.7. The van der Waals surface area contributed by atoms with Crippen LogP contribution in [-0.4, -0.2) is 23.0 Å². The van der Waals surface area contributed by atoms with Gasteiger partial charge in [-0.05, 0) is 52.4 Å². The van der Waals surface area contributed by atoms with E-state index in [0.29, 0.717) is 5.88 Å². The Morgan fingerprint density at radius 2 is 1.75 bits per heavy atom. The lowest BCUT2D eigenvalue weighted by Crippen LogP contribution is -2.11. The molecule has 0 unspecified atom stereocenters. The van der Waals surface area contributed by atoms with Crippen molar-refractivity contribution in [3.63, 3.8) is 0 Å². The standard InChI is InChI=1S/C27H27N3O2/c1-27(2,3)21-8-5-18(6-9-21)23(20-7-12-26(32-4)29-17-20)16-25(31)30-22-10-11-24-19(15-22)13-14-28-24/h5-17,28H,1-4H3,(H,30,31). The molecule has 0 bridgehead atoms. The molecular weight excluding hydrogens is 398 g/mol. The minimum atomic E-state index is -0.203. The van der Waals surface area contributed by atoms with Gasteiger partial charge in [0.1, 0.15) is 0 Å². The maximum Gasteiger partial charge on any atom is 0.249 e. The Morgan fingerprint density at radius 3 is 2.41 bits per heavy atom. The summed E-state index contributed by atoms with van der Waals surface area (Å²) in [6, 6.07) is 19.8. The molecule has 0 atom stereocenters.